The van der Waals surface area contributed by atoms with Gasteiger partial charge in [-0.2, -0.15) is 5.10 Å². The number of amides is 1. The molecule has 0 atom stereocenters. The molecule has 1 fully saturated rings. The lowest BCUT2D eigenvalue weighted by Gasteiger charge is -2.38. The molecule has 0 spiro atoms. The summed E-state index contributed by atoms with van der Waals surface area (Å²) < 4.78 is 17.1. The summed E-state index contributed by atoms with van der Waals surface area (Å²) in [5.74, 6) is -0.451. The second-order valence-electron chi connectivity index (χ2n) is 9.00. The smallest absolute Gasteiger partial charge is 0.264 e. The van der Waals surface area contributed by atoms with Gasteiger partial charge in [-0.25, -0.2) is 19.0 Å². The van der Waals surface area contributed by atoms with Gasteiger partial charge < -0.3 is 10.0 Å². The van der Waals surface area contributed by atoms with Gasteiger partial charge in [-0.3, -0.25) is 14.2 Å². The van der Waals surface area contributed by atoms with Gasteiger partial charge in [-0.05, 0) is 55.3 Å². The molecule has 9 nitrogen and oxygen atoms in total. The molecule has 6 rings (SSSR count). The van der Waals surface area contributed by atoms with E-state index in [1.165, 1.54) is 45.2 Å². The van der Waals surface area contributed by atoms with Gasteiger partial charge in [0.2, 0.25) is 0 Å². The number of likely N-dealkylation sites (tertiary alicyclic amines) is 1. The highest BCUT2D eigenvalue weighted by Gasteiger charge is 2.35. The zero-order valence-corrected chi connectivity index (χ0v) is 19.9. The number of carbonyl (C=O) groups excluding carboxylic acids is 1. The van der Waals surface area contributed by atoms with Crippen molar-refractivity contribution in [3.8, 4) is 5.69 Å². The lowest BCUT2D eigenvalue weighted by molar-refractivity contribution is -0.0299. The number of nitrogens with zero attached hydrogens (tertiary/aromatic N) is 6. The van der Waals surface area contributed by atoms with E-state index >= 15 is 0 Å². The van der Waals surface area contributed by atoms with E-state index in [1.807, 2.05) is 12.1 Å². The van der Waals surface area contributed by atoms with Crippen molar-refractivity contribution in [1.29, 1.82) is 0 Å². The van der Waals surface area contributed by atoms with Gasteiger partial charge in [0, 0.05) is 18.7 Å². The van der Waals surface area contributed by atoms with Crippen LogP contribution in [0.5, 0.6) is 0 Å². The average Bonchev–Trinajstić information content (AvgIpc) is 3.53. The predicted molar refractivity (Wildman–Crippen MR) is 133 cm³/mol. The third-order valence-electron chi connectivity index (χ3n) is 6.65. The molecule has 1 saturated heterocycles. The first kappa shape index (κ1) is 22.5. The minimum Gasteiger partial charge on any atom is -0.388 e. The Morgan fingerprint density at radius 1 is 1.11 bits per heavy atom. The van der Waals surface area contributed by atoms with Crippen molar-refractivity contribution in [2.45, 2.75) is 25.0 Å². The number of aliphatic hydroxyl groups is 1. The van der Waals surface area contributed by atoms with Crippen LogP contribution in [0.25, 0.3) is 26.9 Å². The van der Waals surface area contributed by atoms with Crippen molar-refractivity contribution >= 4 is 38.5 Å². The predicted octanol–water partition coefficient (Wildman–Crippen LogP) is 3.00. The zero-order chi connectivity index (χ0) is 24.9. The number of hydrogen-bond donors (Lipinski definition) is 1. The van der Waals surface area contributed by atoms with Crippen molar-refractivity contribution in [3.63, 3.8) is 0 Å². The van der Waals surface area contributed by atoms with Crippen LogP contribution in [0, 0.1) is 5.82 Å². The molecule has 11 heteroatoms. The number of thiazole rings is 1. The van der Waals surface area contributed by atoms with Crippen LogP contribution in [0.4, 0.5) is 4.39 Å². The van der Waals surface area contributed by atoms with Gasteiger partial charge in [-0.15, -0.1) is 11.3 Å². The molecule has 182 valence electrons. The van der Waals surface area contributed by atoms with Crippen LogP contribution in [0.3, 0.4) is 0 Å². The standard InChI is InChI=1S/C25H21FN6O3S/c26-17-2-4-18(5-3-17)32-22-19(12-29-32)24(34)31(14-27-22)13-25(35)7-9-30(10-8-25)23(33)16-1-6-20-21(11-16)36-15-28-20/h1-6,11-12,14-15,35H,7-10,13H2. The molecule has 1 amide bonds. The molecule has 1 N–H and O–H groups in total. The van der Waals surface area contributed by atoms with Crippen molar-refractivity contribution in [2.24, 2.45) is 0 Å². The number of aromatic nitrogens is 5. The van der Waals surface area contributed by atoms with E-state index in [9.17, 15) is 19.1 Å². The maximum Gasteiger partial charge on any atom is 0.264 e. The summed E-state index contributed by atoms with van der Waals surface area (Å²) >= 11 is 1.49. The number of piperidine rings is 1. The van der Waals surface area contributed by atoms with E-state index in [0.29, 0.717) is 48.2 Å². The number of carbonyl (C=O) groups is 1. The average molecular weight is 505 g/mol. The molecule has 1 aliphatic heterocycles. The van der Waals surface area contributed by atoms with E-state index in [4.69, 9.17) is 0 Å². The second-order valence-corrected chi connectivity index (χ2v) is 9.89. The number of rotatable bonds is 4. The fourth-order valence-electron chi connectivity index (χ4n) is 4.60. The monoisotopic (exact) mass is 504 g/mol. The molecule has 0 saturated carbocycles. The number of halogens is 1. The van der Waals surface area contributed by atoms with E-state index in [2.05, 4.69) is 15.1 Å². The normalized spacial score (nSPS) is 15.6. The van der Waals surface area contributed by atoms with E-state index < -0.39 is 5.60 Å². The molecule has 4 heterocycles. The number of hydrogen-bond acceptors (Lipinski definition) is 7. The van der Waals surface area contributed by atoms with Crippen molar-refractivity contribution in [1.82, 2.24) is 29.2 Å². The lowest BCUT2D eigenvalue weighted by atomic mass is 9.91. The van der Waals surface area contributed by atoms with Gasteiger partial charge in [0.15, 0.2) is 5.65 Å². The largest absolute Gasteiger partial charge is 0.388 e. The Hall–Kier alpha value is -3.96. The Bertz CT molecular complexity index is 1650. The molecule has 1 aliphatic rings. The van der Waals surface area contributed by atoms with Crippen LogP contribution in [0.15, 0.2) is 65.3 Å². The summed E-state index contributed by atoms with van der Waals surface area (Å²) in [6.45, 7) is 0.817. The second kappa shape index (κ2) is 8.61. The quantitative estimate of drug-likeness (QED) is 0.403. The molecule has 36 heavy (non-hydrogen) atoms. The van der Waals surface area contributed by atoms with Crippen LogP contribution in [-0.2, 0) is 6.54 Å². The molecule has 3 aromatic heterocycles. The Balaban J connectivity index is 1.18. The SMILES string of the molecule is O=C(c1ccc2ncsc2c1)N1CCC(O)(Cn2cnc3c(cnn3-c3ccc(F)cc3)c2=O)CC1. The van der Waals surface area contributed by atoms with Gasteiger partial charge in [0.05, 0.1) is 39.8 Å². The highest BCUT2D eigenvalue weighted by atomic mass is 32.1. The van der Waals surface area contributed by atoms with Crippen molar-refractivity contribution in [3.05, 3.63) is 82.2 Å². The van der Waals surface area contributed by atoms with Gasteiger partial charge in [0.1, 0.15) is 17.5 Å². The van der Waals surface area contributed by atoms with Gasteiger partial charge >= 0.3 is 0 Å². The van der Waals surface area contributed by atoms with E-state index in [1.54, 1.807) is 28.6 Å². The maximum atomic E-state index is 13.3. The first-order chi connectivity index (χ1) is 17.4. The molecule has 0 unspecified atom stereocenters. The molecule has 5 aromatic rings. The molecule has 2 aromatic carbocycles. The fraction of sp³-hybridized carbons (Fsp3) is 0.240. The van der Waals surface area contributed by atoms with Crippen molar-refractivity contribution < 1.29 is 14.3 Å². The Kier molecular flexibility index (Phi) is 5.38. The molecule has 0 bridgehead atoms. The Labute approximate surface area is 208 Å². The van der Waals surface area contributed by atoms with Crippen molar-refractivity contribution in [2.75, 3.05) is 13.1 Å². The summed E-state index contributed by atoms with van der Waals surface area (Å²) in [5, 5.41) is 15.8. The molecule has 0 radical (unpaired) electrons. The van der Waals surface area contributed by atoms with Crippen LogP contribution < -0.4 is 5.56 Å². The molecular weight excluding hydrogens is 483 g/mol. The van der Waals surface area contributed by atoms with Crippen LogP contribution >= 0.6 is 11.3 Å². The Morgan fingerprint density at radius 3 is 2.67 bits per heavy atom. The highest BCUT2D eigenvalue weighted by molar-refractivity contribution is 7.16. The van der Waals surface area contributed by atoms with E-state index in [-0.39, 0.29) is 23.8 Å². The van der Waals surface area contributed by atoms with Crippen LogP contribution in [0.2, 0.25) is 0 Å². The molecule has 0 aliphatic carbocycles. The maximum absolute atomic E-state index is 13.3. The first-order valence-electron chi connectivity index (χ1n) is 11.4. The van der Waals surface area contributed by atoms with Gasteiger partial charge in [0.25, 0.3) is 11.5 Å². The molecular formula is C25H21FN6O3S. The topological polar surface area (TPSA) is 106 Å². The van der Waals surface area contributed by atoms with Gasteiger partial charge in [-0.1, -0.05) is 0 Å². The summed E-state index contributed by atoms with van der Waals surface area (Å²) in [5.41, 5.74) is 2.68. The summed E-state index contributed by atoms with van der Waals surface area (Å²) in [7, 11) is 0. The number of fused-ring (bicyclic) bond motifs is 2. The Morgan fingerprint density at radius 2 is 1.89 bits per heavy atom. The fourth-order valence-corrected chi connectivity index (χ4v) is 5.32. The number of benzene rings is 2. The van der Waals surface area contributed by atoms with E-state index in [0.717, 1.165) is 10.2 Å². The third-order valence-corrected chi connectivity index (χ3v) is 7.44. The summed E-state index contributed by atoms with van der Waals surface area (Å²) in [4.78, 5) is 36.5. The zero-order valence-electron chi connectivity index (χ0n) is 19.0. The minimum atomic E-state index is -1.15. The minimum absolute atomic E-state index is 0.0609. The highest BCUT2D eigenvalue weighted by Crippen LogP contribution is 2.26. The lowest BCUT2D eigenvalue weighted by Crippen LogP contribution is -2.49. The van der Waals surface area contributed by atoms with Crippen LogP contribution in [-0.4, -0.2) is 58.9 Å². The summed E-state index contributed by atoms with van der Waals surface area (Å²) in [6, 6.07) is 11.2. The third kappa shape index (κ3) is 3.95. The summed E-state index contributed by atoms with van der Waals surface area (Å²) in [6.07, 6.45) is 3.49. The van der Waals surface area contributed by atoms with Crippen LogP contribution in [0.1, 0.15) is 23.2 Å². The first-order valence-corrected chi connectivity index (χ1v) is 12.3.